The van der Waals surface area contributed by atoms with Gasteiger partial charge in [0.05, 0.1) is 39.9 Å². The predicted molar refractivity (Wildman–Crippen MR) is 241 cm³/mol. The molecule has 4 unspecified atom stereocenters. The molecule has 0 aromatic carbocycles. The van der Waals surface area contributed by atoms with Crippen molar-refractivity contribution in [3.63, 3.8) is 0 Å². The maximum atomic E-state index is 12.9. The first kappa shape index (κ1) is 54.9. The molecule has 0 aliphatic rings. The number of amides is 1. The van der Waals surface area contributed by atoms with E-state index in [9.17, 15) is 24.5 Å². The molecule has 0 spiro atoms. The summed E-state index contributed by atoms with van der Waals surface area (Å²) in [5.74, 6) is -0.285. The van der Waals surface area contributed by atoms with Crippen molar-refractivity contribution in [2.45, 2.75) is 180 Å². The van der Waals surface area contributed by atoms with Crippen LogP contribution in [0.15, 0.2) is 72.9 Å². The van der Waals surface area contributed by atoms with Gasteiger partial charge in [-0.3, -0.25) is 13.8 Å². The molecule has 0 saturated carbocycles. The van der Waals surface area contributed by atoms with Gasteiger partial charge in [0.15, 0.2) is 0 Å². The number of nitrogens with zero attached hydrogens (tertiary/aromatic N) is 1. The van der Waals surface area contributed by atoms with Gasteiger partial charge in [-0.15, -0.1) is 0 Å². The van der Waals surface area contributed by atoms with Gasteiger partial charge in [0.25, 0.3) is 0 Å². The van der Waals surface area contributed by atoms with Crippen LogP contribution in [0.3, 0.4) is 0 Å². The van der Waals surface area contributed by atoms with E-state index in [1.165, 1.54) is 44.9 Å². The number of phosphoric ester groups is 1. The number of allylic oxidation sites excluding steroid dienone is 12. The highest BCUT2D eigenvalue weighted by Gasteiger charge is 2.31. The Morgan fingerprint density at radius 2 is 1.11 bits per heavy atom. The molecule has 0 radical (unpaired) electrons. The lowest BCUT2D eigenvalue weighted by molar-refractivity contribution is -0.870. The van der Waals surface area contributed by atoms with E-state index in [2.05, 4.69) is 92.1 Å². The molecule has 4 N–H and O–H groups in total. The summed E-state index contributed by atoms with van der Waals surface area (Å²) in [6, 6.07) is -1.06. The highest BCUT2D eigenvalue weighted by Crippen LogP contribution is 2.43. The number of carbonyl (C=O) groups is 1. The summed E-state index contributed by atoms with van der Waals surface area (Å²) in [7, 11) is 1.39. The third-order valence-electron chi connectivity index (χ3n) is 9.51. The molecule has 0 saturated heterocycles. The van der Waals surface area contributed by atoms with Gasteiger partial charge in [-0.05, 0) is 89.9 Å². The zero-order valence-electron chi connectivity index (χ0n) is 36.9. The highest BCUT2D eigenvalue weighted by molar-refractivity contribution is 7.47. The minimum absolute atomic E-state index is 0.00821. The van der Waals surface area contributed by atoms with E-state index in [4.69, 9.17) is 9.05 Å². The normalized spacial score (nSPS) is 15.6. The Bertz CT molecular complexity index is 1170. The van der Waals surface area contributed by atoms with Crippen LogP contribution < -0.4 is 5.32 Å². The molecule has 57 heavy (non-hydrogen) atoms. The second-order valence-corrected chi connectivity index (χ2v) is 17.6. The van der Waals surface area contributed by atoms with Crippen molar-refractivity contribution < 1.29 is 38.0 Å². The zero-order valence-corrected chi connectivity index (χ0v) is 37.8. The lowest BCUT2D eigenvalue weighted by Crippen LogP contribution is -2.51. The summed E-state index contributed by atoms with van der Waals surface area (Å²) in [5.41, 5.74) is 0. The zero-order chi connectivity index (χ0) is 42.3. The van der Waals surface area contributed by atoms with Crippen molar-refractivity contribution in [2.75, 3.05) is 40.9 Å². The highest BCUT2D eigenvalue weighted by atomic mass is 31.2. The molecule has 0 rings (SSSR count). The summed E-state index contributed by atoms with van der Waals surface area (Å²) in [5, 5.41) is 24.6. The van der Waals surface area contributed by atoms with Gasteiger partial charge >= 0.3 is 7.82 Å². The topological polar surface area (TPSA) is 125 Å². The number of unbranched alkanes of at least 4 members (excludes halogenated alkanes) is 13. The fourth-order valence-corrected chi connectivity index (χ4v) is 6.65. The van der Waals surface area contributed by atoms with Crippen LogP contribution in [0.4, 0.5) is 0 Å². The third-order valence-corrected chi connectivity index (χ3v) is 10.5. The molecule has 0 aromatic rings. The number of aliphatic hydroxyl groups is 2. The van der Waals surface area contributed by atoms with E-state index in [1.807, 2.05) is 21.1 Å². The first-order valence-electron chi connectivity index (χ1n) is 22.4. The first-order valence-corrected chi connectivity index (χ1v) is 23.9. The Morgan fingerprint density at radius 3 is 1.67 bits per heavy atom. The monoisotopic (exact) mass is 822 g/mol. The van der Waals surface area contributed by atoms with Crippen LogP contribution in [0.25, 0.3) is 0 Å². The van der Waals surface area contributed by atoms with Crippen LogP contribution in [0.2, 0.25) is 0 Å². The molecule has 0 aliphatic carbocycles. The second-order valence-electron chi connectivity index (χ2n) is 16.2. The molecule has 0 bridgehead atoms. The van der Waals surface area contributed by atoms with E-state index in [-0.39, 0.29) is 18.9 Å². The lowest BCUT2D eigenvalue weighted by Gasteiger charge is -2.28. The van der Waals surface area contributed by atoms with Crippen molar-refractivity contribution in [1.29, 1.82) is 0 Å². The van der Waals surface area contributed by atoms with Crippen molar-refractivity contribution >= 4 is 13.7 Å². The molecule has 0 heterocycles. The van der Waals surface area contributed by atoms with Crippen LogP contribution in [-0.4, -0.2) is 84.6 Å². The molecular formula is C47H86N2O7P+. The first-order chi connectivity index (χ1) is 27.4. The molecule has 0 aromatic heterocycles. The van der Waals surface area contributed by atoms with Crippen LogP contribution in [0.5, 0.6) is 0 Å². The number of hydrogen-bond donors (Lipinski definition) is 4. The summed E-state index contributed by atoms with van der Waals surface area (Å²) < 4.78 is 23.5. The molecule has 1 amide bonds. The maximum Gasteiger partial charge on any atom is 0.472 e. The van der Waals surface area contributed by atoms with E-state index in [1.54, 1.807) is 0 Å². The fourth-order valence-electron chi connectivity index (χ4n) is 5.91. The maximum absolute atomic E-state index is 12.9. The number of aliphatic hydroxyl groups excluding tert-OH is 2. The molecule has 330 valence electrons. The number of carbonyl (C=O) groups excluding carboxylic acids is 1. The SMILES string of the molecule is CC/C=C\C/C=C\C/C=C\C/C=C\CCCCCCCCCCC(=O)NC(COP(=O)(O)OCC[N+](C)(C)C)C(O)C(O)CCC/C=C/CC/C=C/CCCCC. The van der Waals surface area contributed by atoms with Gasteiger partial charge < -0.3 is 24.9 Å². The van der Waals surface area contributed by atoms with Gasteiger partial charge in [-0.25, -0.2) is 4.57 Å². The fraction of sp³-hybridized carbons (Fsp3) is 0.723. The van der Waals surface area contributed by atoms with Gasteiger partial charge in [0.2, 0.25) is 5.91 Å². The molecule has 10 heteroatoms. The average Bonchev–Trinajstić information content (AvgIpc) is 3.16. The minimum atomic E-state index is -4.43. The van der Waals surface area contributed by atoms with Gasteiger partial charge in [-0.2, -0.15) is 0 Å². The predicted octanol–water partition coefficient (Wildman–Crippen LogP) is 11.4. The quantitative estimate of drug-likeness (QED) is 0.0211. The molecule has 0 aliphatic heterocycles. The lowest BCUT2D eigenvalue weighted by atomic mass is 10.0. The molecule has 4 atom stereocenters. The van der Waals surface area contributed by atoms with Crippen molar-refractivity contribution in [3.8, 4) is 0 Å². The van der Waals surface area contributed by atoms with Crippen LogP contribution >= 0.6 is 7.82 Å². The Labute approximate surface area is 349 Å². The number of phosphoric acid groups is 1. The Kier molecular flexibility index (Phi) is 36.7. The number of likely N-dealkylation sites (N-methyl/N-ethyl adjacent to an activating group) is 1. The third kappa shape index (κ3) is 39.1. The van der Waals surface area contributed by atoms with Crippen molar-refractivity contribution in [3.05, 3.63) is 72.9 Å². The van der Waals surface area contributed by atoms with E-state index in [0.717, 1.165) is 77.0 Å². The molecular weight excluding hydrogens is 735 g/mol. The summed E-state index contributed by atoms with van der Waals surface area (Å²) in [4.78, 5) is 23.2. The van der Waals surface area contributed by atoms with Crippen molar-refractivity contribution in [2.24, 2.45) is 0 Å². The number of hydrogen-bond acceptors (Lipinski definition) is 6. The van der Waals surface area contributed by atoms with Crippen LogP contribution in [0, 0.1) is 0 Å². The second kappa shape index (κ2) is 38.1. The summed E-state index contributed by atoms with van der Waals surface area (Å²) in [6.45, 7) is 4.40. The Morgan fingerprint density at radius 1 is 0.632 bits per heavy atom. The smallest absolute Gasteiger partial charge is 0.390 e. The summed E-state index contributed by atoms with van der Waals surface area (Å²) in [6.07, 6.45) is 46.8. The number of rotatable bonds is 39. The largest absolute Gasteiger partial charge is 0.472 e. The summed E-state index contributed by atoms with van der Waals surface area (Å²) >= 11 is 0. The molecule has 0 fully saturated rings. The number of nitrogens with one attached hydrogen (secondary N) is 1. The van der Waals surface area contributed by atoms with Gasteiger partial charge in [0.1, 0.15) is 19.3 Å². The standard InChI is InChI=1S/C47H85N2O7P/c1-6-8-10-12-14-16-18-20-21-22-23-24-25-26-27-28-30-32-34-36-38-40-46(51)48-44(43-56-57(53,54)55-42-41-49(3,4)5)47(52)45(50)39-37-35-33-31-29-19-17-15-13-11-9-7-2/h8,10,14-17,20-21,23-24,31,33,44-45,47,50,52H,6-7,9,11-13,18-19,22,25-30,32,34-43H2,1-5H3,(H-,48,51,53,54)/p+1/b10-8-,16-14-,17-15+,21-20-,24-23-,33-31+. The van der Waals surface area contributed by atoms with Crippen LogP contribution in [0.1, 0.15) is 162 Å². The Hall–Kier alpha value is -2.10. The van der Waals surface area contributed by atoms with Crippen LogP contribution in [-0.2, 0) is 18.4 Å². The number of quaternary nitrogens is 1. The average molecular weight is 822 g/mol. The van der Waals surface area contributed by atoms with E-state index >= 15 is 0 Å². The van der Waals surface area contributed by atoms with Gasteiger partial charge in [-0.1, -0.05) is 138 Å². The molecule has 9 nitrogen and oxygen atoms in total. The van der Waals surface area contributed by atoms with E-state index < -0.39 is 32.7 Å². The minimum Gasteiger partial charge on any atom is -0.390 e. The van der Waals surface area contributed by atoms with Crippen molar-refractivity contribution in [1.82, 2.24) is 5.32 Å². The Balaban J connectivity index is 4.52. The van der Waals surface area contributed by atoms with E-state index in [0.29, 0.717) is 30.3 Å². The van der Waals surface area contributed by atoms with Gasteiger partial charge in [0, 0.05) is 6.42 Å².